The van der Waals surface area contributed by atoms with Crippen molar-refractivity contribution in [2.24, 2.45) is 11.8 Å². The molecule has 292 valence electrons. The summed E-state index contributed by atoms with van der Waals surface area (Å²) < 4.78 is 11.6. The van der Waals surface area contributed by atoms with Gasteiger partial charge >= 0.3 is 11.9 Å². The Labute approximate surface area is 305 Å². The zero-order chi connectivity index (χ0) is 36.0. The number of ether oxygens (including phenoxy) is 2. The number of hydrogen-bond donors (Lipinski definition) is 1. The minimum atomic E-state index is 0.0116. The molecule has 0 bridgehead atoms. The highest BCUT2D eigenvalue weighted by Crippen LogP contribution is 2.22. The SMILES string of the molecule is CCCCCCCCC(CCCCCC)C(=O)OCCCCN(CCO)CCCCOC(=O)C(CCCCCCC)CCCCCCCC. The van der Waals surface area contributed by atoms with E-state index >= 15 is 0 Å². The molecule has 6 nitrogen and oxygen atoms in total. The van der Waals surface area contributed by atoms with Gasteiger partial charge in [-0.05, 0) is 64.5 Å². The second-order valence-electron chi connectivity index (χ2n) is 14.9. The average molecular weight is 696 g/mol. The molecule has 0 spiro atoms. The van der Waals surface area contributed by atoms with Gasteiger partial charge in [0, 0.05) is 6.54 Å². The minimum absolute atomic E-state index is 0.0116. The summed E-state index contributed by atoms with van der Waals surface area (Å²) in [6.07, 6.45) is 33.4. The summed E-state index contributed by atoms with van der Waals surface area (Å²) >= 11 is 0. The van der Waals surface area contributed by atoms with Crippen LogP contribution in [-0.2, 0) is 19.1 Å². The van der Waals surface area contributed by atoms with E-state index in [-0.39, 0.29) is 30.4 Å². The van der Waals surface area contributed by atoms with Crippen LogP contribution in [0.25, 0.3) is 0 Å². The van der Waals surface area contributed by atoms with Crippen LogP contribution in [0.5, 0.6) is 0 Å². The van der Waals surface area contributed by atoms with Crippen molar-refractivity contribution in [2.45, 2.75) is 214 Å². The zero-order valence-electron chi connectivity index (χ0n) is 33.4. The first-order valence-corrected chi connectivity index (χ1v) is 21.7. The summed E-state index contributed by atoms with van der Waals surface area (Å²) in [5, 5.41) is 9.61. The van der Waals surface area contributed by atoms with Crippen LogP contribution in [0.15, 0.2) is 0 Å². The van der Waals surface area contributed by atoms with Crippen molar-refractivity contribution in [3.05, 3.63) is 0 Å². The van der Waals surface area contributed by atoms with Gasteiger partial charge in [-0.1, -0.05) is 163 Å². The lowest BCUT2D eigenvalue weighted by Crippen LogP contribution is -2.29. The standard InChI is InChI=1S/C43H85NO5/c1-5-9-13-17-20-24-32-40(30-22-16-12-8-4)42(46)48-38-28-26-34-44(36-37-45)35-27-29-39-49-43(47)41(31-23-19-15-11-7-3)33-25-21-18-14-10-6-2/h40-41,45H,5-39H2,1-4H3. The number of nitrogens with zero attached hydrogens (tertiary/aromatic N) is 1. The van der Waals surface area contributed by atoms with E-state index in [0.717, 1.165) is 90.1 Å². The Morgan fingerprint density at radius 3 is 1.06 bits per heavy atom. The fraction of sp³-hybridized carbons (Fsp3) is 0.953. The van der Waals surface area contributed by atoms with Gasteiger partial charge in [-0.15, -0.1) is 0 Å². The molecular weight excluding hydrogens is 610 g/mol. The predicted octanol–water partition coefficient (Wildman–Crippen LogP) is 12.0. The third-order valence-corrected chi connectivity index (χ3v) is 10.2. The maximum absolute atomic E-state index is 13.0. The van der Waals surface area contributed by atoms with Crippen molar-refractivity contribution < 1.29 is 24.2 Å². The van der Waals surface area contributed by atoms with E-state index < -0.39 is 0 Å². The number of unbranched alkanes of at least 4 members (excludes halogenated alkanes) is 19. The monoisotopic (exact) mass is 696 g/mol. The lowest BCUT2D eigenvalue weighted by atomic mass is 9.94. The van der Waals surface area contributed by atoms with Gasteiger partial charge in [-0.3, -0.25) is 9.59 Å². The summed E-state index contributed by atoms with van der Waals surface area (Å²) in [5.74, 6) is 0.137. The van der Waals surface area contributed by atoms with Crippen molar-refractivity contribution in [3.8, 4) is 0 Å². The van der Waals surface area contributed by atoms with Gasteiger partial charge in [-0.2, -0.15) is 0 Å². The van der Waals surface area contributed by atoms with Crippen LogP contribution in [-0.4, -0.2) is 61.4 Å². The van der Waals surface area contributed by atoms with Gasteiger partial charge in [0.2, 0.25) is 0 Å². The van der Waals surface area contributed by atoms with E-state index in [4.69, 9.17) is 9.47 Å². The molecule has 0 aromatic carbocycles. The molecule has 0 aliphatic heterocycles. The van der Waals surface area contributed by atoms with Gasteiger partial charge in [0.15, 0.2) is 0 Å². The number of hydrogen-bond acceptors (Lipinski definition) is 6. The van der Waals surface area contributed by atoms with Crippen molar-refractivity contribution in [3.63, 3.8) is 0 Å². The van der Waals surface area contributed by atoms with Crippen molar-refractivity contribution in [2.75, 3.05) is 39.5 Å². The van der Waals surface area contributed by atoms with E-state index in [1.54, 1.807) is 0 Å². The Morgan fingerprint density at radius 2 is 0.735 bits per heavy atom. The second kappa shape index (κ2) is 38.1. The van der Waals surface area contributed by atoms with Crippen LogP contribution in [0.2, 0.25) is 0 Å². The molecule has 6 heteroatoms. The first kappa shape index (κ1) is 47.9. The molecule has 0 aliphatic rings. The van der Waals surface area contributed by atoms with Gasteiger partial charge in [-0.25, -0.2) is 0 Å². The Balaban J connectivity index is 4.43. The van der Waals surface area contributed by atoms with Crippen LogP contribution >= 0.6 is 0 Å². The summed E-state index contributed by atoms with van der Waals surface area (Å²) in [7, 11) is 0. The van der Waals surface area contributed by atoms with E-state index in [9.17, 15) is 14.7 Å². The van der Waals surface area contributed by atoms with E-state index in [1.807, 2.05) is 0 Å². The number of carbonyl (C=O) groups is 2. The van der Waals surface area contributed by atoms with Crippen LogP contribution in [0, 0.1) is 11.8 Å². The molecule has 1 N–H and O–H groups in total. The zero-order valence-corrected chi connectivity index (χ0v) is 33.4. The second-order valence-corrected chi connectivity index (χ2v) is 14.9. The number of carbonyl (C=O) groups excluding carboxylic acids is 2. The minimum Gasteiger partial charge on any atom is -0.465 e. The van der Waals surface area contributed by atoms with Gasteiger partial charge in [0.1, 0.15) is 0 Å². The molecule has 2 unspecified atom stereocenters. The molecule has 0 aromatic heterocycles. The fourth-order valence-electron chi connectivity index (χ4n) is 6.85. The van der Waals surface area contributed by atoms with E-state index in [1.165, 1.54) is 109 Å². The third-order valence-electron chi connectivity index (χ3n) is 10.2. The van der Waals surface area contributed by atoms with Crippen molar-refractivity contribution >= 4 is 11.9 Å². The normalized spacial score (nSPS) is 12.8. The largest absolute Gasteiger partial charge is 0.465 e. The third kappa shape index (κ3) is 31.3. The summed E-state index contributed by atoms with van der Waals surface area (Å²) in [6.45, 7) is 12.5. The first-order valence-electron chi connectivity index (χ1n) is 21.7. The molecule has 0 rings (SSSR count). The predicted molar refractivity (Wildman–Crippen MR) is 209 cm³/mol. The fourth-order valence-corrected chi connectivity index (χ4v) is 6.85. The quantitative estimate of drug-likeness (QED) is 0.0509. The molecule has 0 fully saturated rings. The van der Waals surface area contributed by atoms with Gasteiger partial charge in [0.05, 0.1) is 31.7 Å². The maximum atomic E-state index is 13.0. The highest BCUT2D eigenvalue weighted by molar-refractivity contribution is 5.72. The highest BCUT2D eigenvalue weighted by Gasteiger charge is 2.20. The van der Waals surface area contributed by atoms with Crippen LogP contribution in [0.4, 0.5) is 0 Å². The molecule has 0 aliphatic carbocycles. The van der Waals surface area contributed by atoms with E-state index in [0.29, 0.717) is 19.8 Å². The molecule has 0 amide bonds. The molecule has 0 radical (unpaired) electrons. The van der Waals surface area contributed by atoms with Gasteiger partial charge < -0.3 is 19.5 Å². The van der Waals surface area contributed by atoms with Crippen LogP contribution in [0.3, 0.4) is 0 Å². The number of esters is 2. The number of aliphatic hydroxyl groups is 1. The van der Waals surface area contributed by atoms with Crippen molar-refractivity contribution in [1.29, 1.82) is 0 Å². The number of aliphatic hydroxyl groups excluding tert-OH is 1. The first-order chi connectivity index (χ1) is 24.0. The highest BCUT2D eigenvalue weighted by atomic mass is 16.5. The smallest absolute Gasteiger partial charge is 0.308 e. The molecule has 0 saturated carbocycles. The Bertz CT molecular complexity index is 702. The Kier molecular flexibility index (Phi) is 37.2. The summed E-state index contributed by atoms with van der Waals surface area (Å²) in [6, 6.07) is 0. The average Bonchev–Trinajstić information content (AvgIpc) is 3.10. The van der Waals surface area contributed by atoms with Gasteiger partial charge in [0.25, 0.3) is 0 Å². The van der Waals surface area contributed by atoms with Crippen LogP contribution in [0.1, 0.15) is 214 Å². The molecular formula is C43H85NO5. The number of rotatable bonds is 39. The molecule has 0 heterocycles. The molecule has 0 saturated heterocycles. The summed E-state index contributed by atoms with van der Waals surface area (Å²) in [4.78, 5) is 28.2. The molecule has 2 atom stereocenters. The lowest BCUT2D eigenvalue weighted by molar-refractivity contribution is -0.150. The lowest BCUT2D eigenvalue weighted by Gasteiger charge is -2.21. The topological polar surface area (TPSA) is 76.1 Å². The van der Waals surface area contributed by atoms with Crippen molar-refractivity contribution in [1.82, 2.24) is 4.90 Å². The Morgan fingerprint density at radius 1 is 0.429 bits per heavy atom. The Hall–Kier alpha value is -1.14. The maximum Gasteiger partial charge on any atom is 0.308 e. The van der Waals surface area contributed by atoms with E-state index in [2.05, 4.69) is 32.6 Å². The molecule has 0 aromatic rings. The molecule has 49 heavy (non-hydrogen) atoms. The van der Waals surface area contributed by atoms with Crippen LogP contribution < -0.4 is 0 Å². The summed E-state index contributed by atoms with van der Waals surface area (Å²) in [5.41, 5.74) is 0.